The summed E-state index contributed by atoms with van der Waals surface area (Å²) < 4.78 is 0. The van der Waals surface area contributed by atoms with Crippen molar-refractivity contribution in [2.24, 2.45) is 11.8 Å². The SMILES string of the molecule is CCNC(CC)CCC1CCCCC1CC. The summed E-state index contributed by atoms with van der Waals surface area (Å²) >= 11 is 0. The normalized spacial score (nSPS) is 27.9. The van der Waals surface area contributed by atoms with Gasteiger partial charge in [-0.3, -0.25) is 0 Å². The fraction of sp³-hybridized carbons (Fsp3) is 1.00. The van der Waals surface area contributed by atoms with Gasteiger partial charge < -0.3 is 5.32 Å². The lowest BCUT2D eigenvalue weighted by molar-refractivity contribution is 0.207. The summed E-state index contributed by atoms with van der Waals surface area (Å²) in [5.41, 5.74) is 0. The van der Waals surface area contributed by atoms with Gasteiger partial charge in [-0.05, 0) is 37.6 Å². The highest BCUT2D eigenvalue weighted by molar-refractivity contribution is 4.76. The first-order valence-corrected chi connectivity index (χ1v) is 7.55. The molecule has 16 heavy (non-hydrogen) atoms. The summed E-state index contributed by atoms with van der Waals surface area (Å²) in [5.74, 6) is 2.07. The van der Waals surface area contributed by atoms with Gasteiger partial charge in [-0.25, -0.2) is 0 Å². The molecule has 0 aromatic rings. The minimum absolute atomic E-state index is 0.768. The van der Waals surface area contributed by atoms with Crippen molar-refractivity contribution in [2.45, 2.75) is 78.2 Å². The Morgan fingerprint density at radius 1 is 1.06 bits per heavy atom. The second-order valence-corrected chi connectivity index (χ2v) is 5.45. The highest BCUT2D eigenvalue weighted by Gasteiger charge is 2.23. The molecule has 1 aliphatic carbocycles. The van der Waals surface area contributed by atoms with Crippen LogP contribution in [0.1, 0.15) is 72.1 Å². The molecule has 0 amide bonds. The number of hydrogen-bond donors (Lipinski definition) is 1. The molecule has 3 atom stereocenters. The first-order valence-electron chi connectivity index (χ1n) is 7.55. The van der Waals surface area contributed by atoms with E-state index in [1.807, 2.05) is 0 Å². The van der Waals surface area contributed by atoms with E-state index in [9.17, 15) is 0 Å². The molecule has 0 bridgehead atoms. The molecule has 0 saturated heterocycles. The monoisotopic (exact) mass is 225 g/mol. The highest BCUT2D eigenvalue weighted by Crippen LogP contribution is 2.35. The molecule has 0 aromatic heterocycles. The van der Waals surface area contributed by atoms with Gasteiger partial charge in [-0.15, -0.1) is 0 Å². The molecule has 3 unspecified atom stereocenters. The van der Waals surface area contributed by atoms with Crippen LogP contribution >= 0.6 is 0 Å². The Morgan fingerprint density at radius 3 is 2.31 bits per heavy atom. The summed E-state index contributed by atoms with van der Waals surface area (Å²) in [5, 5.41) is 3.60. The molecule has 0 spiro atoms. The van der Waals surface area contributed by atoms with Gasteiger partial charge in [-0.2, -0.15) is 0 Å². The Kier molecular flexibility index (Phi) is 7.11. The lowest BCUT2D eigenvalue weighted by Gasteiger charge is -2.32. The van der Waals surface area contributed by atoms with E-state index >= 15 is 0 Å². The summed E-state index contributed by atoms with van der Waals surface area (Å²) in [6, 6.07) is 0.768. The molecule has 96 valence electrons. The first-order chi connectivity index (χ1) is 7.81. The number of rotatable bonds is 7. The molecule has 0 heterocycles. The van der Waals surface area contributed by atoms with Crippen LogP contribution in [-0.2, 0) is 0 Å². The third kappa shape index (κ3) is 4.45. The molecule has 1 N–H and O–H groups in total. The van der Waals surface area contributed by atoms with Crippen molar-refractivity contribution in [1.29, 1.82) is 0 Å². The quantitative estimate of drug-likeness (QED) is 0.678. The molecule has 0 aromatic carbocycles. The largest absolute Gasteiger partial charge is 0.314 e. The zero-order valence-corrected chi connectivity index (χ0v) is 11.6. The third-order valence-electron chi connectivity index (χ3n) is 4.46. The Hall–Kier alpha value is -0.0400. The standard InChI is InChI=1S/C15H31N/c1-4-13-9-7-8-10-14(13)11-12-15(5-2)16-6-3/h13-16H,4-12H2,1-3H3. The lowest BCUT2D eigenvalue weighted by Crippen LogP contribution is -2.29. The van der Waals surface area contributed by atoms with Gasteiger partial charge >= 0.3 is 0 Å². The summed E-state index contributed by atoms with van der Waals surface area (Å²) in [6.07, 6.45) is 11.5. The molecule has 0 radical (unpaired) electrons. The van der Waals surface area contributed by atoms with Crippen LogP contribution in [0.2, 0.25) is 0 Å². The summed E-state index contributed by atoms with van der Waals surface area (Å²) in [6.45, 7) is 8.04. The van der Waals surface area contributed by atoms with Gasteiger partial charge in [0.25, 0.3) is 0 Å². The van der Waals surface area contributed by atoms with E-state index in [2.05, 4.69) is 26.1 Å². The van der Waals surface area contributed by atoms with Crippen LogP contribution in [0.3, 0.4) is 0 Å². The van der Waals surface area contributed by atoms with E-state index in [-0.39, 0.29) is 0 Å². The fourth-order valence-corrected chi connectivity index (χ4v) is 3.36. The van der Waals surface area contributed by atoms with Gasteiger partial charge in [0.1, 0.15) is 0 Å². The van der Waals surface area contributed by atoms with Gasteiger partial charge in [0.05, 0.1) is 0 Å². The zero-order chi connectivity index (χ0) is 11.8. The molecular weight excluding hydrogens is 194 g/mol. The van der Waals surface area contributed by atoms with Crippen LogP contribution in [0, 0.1) is 11.8 Å². The van der Waals surface area contributed by atoms with Crippen LogP contribution in [0.25, 0.3) is 0 Å². The maximum atomic E-state index is 3.60. The van der Waals surface area contributed by atoms with E-state index in [0.29, 0.717) is 0 Å². The van der Waals surface area contributed by atoms with E-state index in [0.717, 1.165) is 24.4 Å². The van der Waals surface area contributed by atoms with Crippen LogP contribution in [0.5, 0.6) is 0 Å². The van der Waals surface area contributed by atoms with Crippen LogP contribution in [-0.4, -0.2) is 12.6 Å². The molecule has 1 rings (SSSR count). The van der Waals surface area contributed by atoms with Gasteiger partial charge in [-0.1, -0.05) is 52.9 Å². The number of nitrogens with one attached hydrogen (secondary N) is 1. The van der Waals surface area contributed by atoms with Crippen molar-refractivity contribution < 1.29 is 0 Å². The molecule has 1 fully saturated rings. The molecule has 1 aliphatic rings. The average Bonchev–Trinajstić information content (AvgIpc) is 2.34. The van der Waals surface area contributed by atoms with Crippen molar-refractivity contribution in [2.75, 3.05) is 6.54 Å². The third-order valence-corrected chi connectivity index (χ3v) is 4.46. The predicted octanol–water partition coefficient (Wildman–Crippen LogP) is 4.37. The topological polar surface area (TPSA) is 12.0 Å². The maximum Gasteiger partial charge on any atom is 0.00644 e. The van der Waals surface area contributed by atoms with E-state index < -0.39 is 0 Å². The van der Waals surface area contributed by atoms with E-state index in [4.69, 9.17) is 0 Å². The Labute approximate surface area is 102 Å². The van der Waals surface area contributed by atoms with Crippen molar-refractivity contribution in [3.63, 3.8) is 0 Å². The predicted molar refractivity (Wildman–Crippen MR) is 72.7 cm³/mol. The van der Waals surface area contributed by atoms with Crippen LogP contribution in [0.15, 0.2) is 0 Å². The smallest absolute Gasteiger partial charge is 0.00644 e. The second-order valence-electron chi connectivity index (χ2n) is 5.45. The number of hydrogen-bond acceptors (Lipinski definition) is 1. The van der Waals surface area contributed by atoms with Gasteiger partial charge in [0.2, 0.25) is 0 Å². The van der Waals surface area contributed by atoms with Gasteiger partial charge in [0.15, 0.2) is 0 Å². The summed E-state index contributed by atoms with van der Waals surface area (Å²) in [7, 11) is 0. The van der Waals surface area contributed by atoms with Crippen molar-refractivity contribution in [3.05, 3.63) is 0 Å². The van der Waals surface area contributed by atoms with Gasteiger partial charge in [0, 0.05) is 6.04 Å². The van der Waals surface area contributed by atoms with Crippen molar-refractivity contribution >= 4 is 0 Å². The minimum Gasteiger partial charge on any atom is -0.314 e. The highest BCUT2D eigenvalue weighted by atomic mass is 14.9. The average molecular weight is 225 g/mol. The molecule has 1 nitrogen and oxygen atoms in total. The molecule has 1 heteroatoms. The van der Waals surface area contributed by atoms with E-state index in [1.165, 1.54) is 51.4 Å². The van der Waals surface area contributed by atoms with Crippen molar-refractivity contribution in [1.82, 2.24) is 5.32 Å². The molecule has 0 aliphatic heterocycles. The maximum absolute atomic E-state index is 3.60. The molecular formula is C15H31N. The summed E-state index contributed by atoms with van der Waals surface area (Å²) in [4.78, 5) is 0. The zero-order valence-electron chi connectivity index (χ0n) is 11.6. The van der Waals surface area contributed by atoms with Crippen LogP contribution < -0.4 is 5.32 Å². The Bertz CT molecular complexity index is 167. The van der Waals surface area contributed by atoms with E-state index in [1.54, 1.807) is 0 Å². The minimum atomic E-state index is 0.768. The molecule has 1 saturated carbocycles. The first kappa shape index (κ1) is 14.0. The lowest BCUT2D eigenvalue weighted by atomic mass is 9.75. The fourth-order valence-electron chi connectivity index (χ4n) is 3.36. The Balaban J connectivity index is 2.28. The second kappa shape index (κ2) is 8.11. The Morgan fingerprint density at radius 2 is 1.75 bits per heavy atom. The van der Waals surface area contributed by atoms with Crippen LogP contribution in [0.4, 0.5) is 0 Å². The van der Waals surface area contributed by atoms with Crippen molar-refractivity contribution in [3.8, 4) is 0 Å².